The maximum Gasteiger partial charge on any atom is 0.245 e. The number of aryl methyl sites for hydroxylation is 1. The van der Waals surface area contributed by atoms with E-state index in [-0.39, 0.29) is 30.5 Å². The zero-order valence-electron chi connectivity index (χ0n) is 15.3. The summed E-state index contributed by atoms with van der Waals surface area (Å²) in [6.45, 7) is 1.45. The van der Waals surface area contributed by atoms with E-state index >= 15 is 0 Å². The molecule has 0 atom stereocenters. The van der Waals surface area contributed by atoms with E-state index in [4.69, 9.17) is 4.42 Å². The molecule has 28 heavy (non-hydrogen) atoms. The highest BCUT2D eigenvalue weighted by molar-refractivity contribution is 7.99. The Kier molecular flexibility index (Phi) is 6.40. The lowest BCUT2D eigenvalue weighted by Crippen LogP contribution is -2.40. The Hall–Kier alpha value is -2.33. The first kappa shape index (κ1) is 20.4. The summed E-state index contributed by atoms with van der Waals surface area (Å²) in [5, 5.41) is 17.7. The molecule has 0 spiro atoms. The molecule has 0 aromatic carbocycles. The summed E-state index contributed by atoms with van der Waals surface area (Å²) >= 11 is 3.04. The Morgan fingerprint density at radius 1 is 1.32 bits per heavy atom. The number of hydrogen-bond acceptors (Lipinski definition) is 8. The number of aromatic hydroxyl groups is 1. The van der Waals surface area contributed by atoms with Gasteiger partial charge in [-0.2, -0.15) is 11.8 Å². The van der Waals surface area contributed by atoms with Gasteiger partial charge < -0.3 is 20.2 Å². The Balaban J connectivity index is 1.71. The number of rotatable bonds is 6. The van der Waals surface area contributed by atoms with E-state index in [1.807, 2.05) is 0 Å². The van der Waals surface area contributed by atoms with Gasteiger partial charge in [0.2, 0.25) is 23.0 Å². The van der Waals surface area contributed by atoms with Crippen LogP contribution in [0, 0.1) is 6.92 Å². The van der Waals surface area contributed by atoms with Crippen molar-refractivity contribution < 1.29 is 19.1 Å². The quantitative estimate of drug-likeness (QED) is 0.650. The first-order valence-electron chi connectivity index (χ1n) is 8.78. The van der Waals surface area contributed by atoms with Crippen LogP contribution < -0.4 is 16.1 Å². The van der Waals surface area contributed by atoms with Crippen molar-refractivity contribution in [3.05, 3.63) is 39.4 Å². The second kappa shape index (κ2) is 8.78. The zero-order valence-corrected chi connectivity index (χ0v) is 17.0. The van der Waals surface area contributed by atoms with Crippen LogP contribution in [0.4, 0.5) is 5.13 Å². The largest absolute Gasteiger partial charge is 0.502 e. The van der Waals surface area contributed by atoms with Gasteiger partial charge in [0.05, 0.1) is 6.54 Å². The zero-order chi connectivity index (χ0) is 20.1. The summed E-state index contributed by atoms with van der Waals surface area (Å²) in [6.07, 6.45) is 2.79. The van der Waals surface area contributed by atoms with Crippen LogP contribution in [0.25, 0.3) is 0 Å². The Morgan fingerprint density at radius 3 is 2.75 bits per heavy atom. The number of nitrogens with one attached hydrogen (secondary N) is 2. The minimum atomic E-state index is -0.767. The van der Waals surface area contributed by atoms with Crippen LogP contribution in [0.15, 0.2) is 26.9 Å². The second-order valence-corrected chi connectivity index (χ2v) is 8.75. The number of hydrogen-bond donors (Lipinski definition) is 3. The van der Waals surface area contributed by atoms with Crippen molar-refractivity contribution in [1.29, 1.82) is 0 Å². The fraction of sp³-hybridized carbons (Fsp3) is 0.444. The number of thioether (sulfide) groups is 1. The molecule has 1 saturated heterocycles. The second-order valence-electron chi connectivity index (χ2n) is 6.63. The van der Waals surface area contributed by atoms with E-state index in [9.17, 15) is 19.5 Å². The van der Waals surface area contributed by atoms with Crippen LogP contribution in [0.1, 0.15) is 30.8 Å². The monoisotopic (exact) mass is 423 g/mol. The van der Waals surface area contributed by atoms with Crippen LogP contribution in [0.5, 0.6) is 5.75 Å². The number of thiazole rings is 1. The van der Waals surface area contributed by atoms with Crippen molar-refractivity contribution in [2.75, 3.05) is 23.4 Å². The smallest absolute Gasteiger partial charge is 0.245 e. The lowest BCUT2D eigenvalue weighted by atomic mass is 9.75. The molecule has 2 amide bonds. The molecule has 10 heteroatoms. The van der Waals surface area contributed by atoms with Crippen molar-refractivity contribution >= 4 is 40.0 Å². The minimum Gasteiger partial charge on any atom is -0.502 e. The third kappa shape index (κ3) is 4.74. The van der Waals surface area contributed by atoms with Gasteiger partial charge in [0.25, 0.3) is 0 Å². The molecule has 0 unspecified atom stereocenters. The third-order valence-corrected chi connectivity index (χ3v) is 6.28. The fourth-order valence-electron chi connectivity index (χ4n) is 3.21. The van der Waals surface area contributed by atoms with Gasteiger partial charge in [0.15, 0.2) is 10.9 Å². The average molecular weight is 424 g/mol. The summed E-state index contributed by atoms with van der Waals surface area (Å²) in [5.41, 5.74) is -1.28. The molecular weight excluding hydrogens is 402 g/mol. The van der Waals surface area contributed by atoms with Gasteiger partial charge >= 0.3 is 0 Å². The lowest BCUT2D eigenvalue weighted by Gasteiger charge is -2.35. The van der Waals surface area contributed by atoms with E-state index in [0.29, 0.717) is 23.7 Å². The first-order valence-corrected chi connectivity index (χ1v) is 10.8. The van der Waals surface area contributed by atoms with Crippen LogP contribution >= 0.6 is 23.1 Å². The molecule has 2 aromatic heterocycles. The SMILES string of the molecule is Cc1cc(=O)c(O)c(C2(CC(=O)NCC(=O)Nc3nccs3)CCSCC2)o1. The molecule has 0 bridgehead atoms. The van der Waals surface area contributed by atoms with E-state index < -0.39 is 16.6 Å². The van der Waals surface area contributed by atoms with Gasteiger partial charge in [0, 0.05) is 29.5 Å². The third-order valence-electron chi connectivity index (χ3n) is 4.60. The van der Waals surface area contributed by atoms with Crippen LogP contribution in [-0.2, 0) is 15.0 Å². The molecule has 3 rings (SSSR count). The van der Waals surface area contributed by atoms with Crippen LogP contribution in [-0.4, -0.2) is 40.0 Å². The molecular formula is C18H21N3O5S2. The van der Waals surface area contributed by atoms with Gasteiger partial charge in [-0.3, -0.25) is 14.4 Å². The molecule has 1 aliphatic heterocycles. The van der Waals surface area contributed by atoms with Crippen molar-refractivity contribution in [1.82, 2.24) is 10.3 Å². The molecule has 1 fully saturated rings. The van der Waals surface area contributed by atoms with Gasteiger partial charge in [-0.25, -0.2) is 4.98 Å². The van der Waals surface area contributed by atoms with Crippen molar-refractivity contribution in [3.8, 4) is 5.75 Å². The fourth-order valence-corrected chi connectivity index (χ4v) is 5.03. The molecule has 0 saturated carbocycles. The summed E-state index contributed by atoms with van der Waals surface area (Å²) in [6, 6.07) is 1.23. The number of carbonyl (C=O) groups excluding carboxylic acids is 2. The predicted octanol–water partition coefficient (Wildman–Crippen LogP) is 2.02. The van der Waals surface area contributed by atoms with Crippen LogP contribution in [0.3, 0.4) is 0 Å². The Labute approximate surface area is 169 Å². The van der Waals surface area contributed by atoms with Gasteiger partial charge in [-0.15, -0.1) is 11.3 Å². The highest BCUT2D eigenvalue weighted by atomic mass is 32.2. The van der Waals surface area contributed by atoms with E-state index in [2.05, 4.69) is 15.6 Å². The minimum absolute atomic E-state index is 0.0258. The molecule has 0 radical (unpaired) electrons. The molecule has 2 aromatic rings. The number of aromatic nitrogens is 1. The van der Waals surface area contributed by atoms with Crippen molar-refractivity contribution in [2.24, 2.45) is 0 Å². The van der Waals surface area contributed by atoms with E-state index in [1.54, 1.807) is 30.3 Å². The van der Waals surface area contributed by atoms with Crippen LogP contribution in [0.2, 0.25) is 0 Å². The summed E-state index contributed by atoms with van der Waals surface area (Å²) < 4.78 is 5.70. The topological polar surface area (TPSA) is 122 Å². The van der Waals surface area contributed by atoms with Gasteiger partial charge in [-0.05, 0) is 31.3 Å². The number of anilines is 1. The van der Waals surface area contributed by atoms with Gasteiger partial charge in [0.1, 0.15) is 5.76 Å². The first-order chi connectivity index (χ1) is 13.4. The van der Waals surface area contributed by atoms with Crippen molar-refractivity contribution in [2.45, 2.75) is 31.6 Å². The number of amides is 2. The maximum atomic E-state index is 12.6. The highest BCUT2D eigenvalue weighted by Gasteiger charge is 2.41. The summed E-state index contributed by atoms with van der Waals surface area (Å²) in [4.78, 5) is 40.5. The Morgan fingerprint density at radius 2 is 2.07 bits per heavy atom. The van der Waals surface area contributed by atoms with E-state index in [1.165, 1.54) is 17.4 Å². The normalized spacial score (nSPS) is 15.8. The highest BCUT2D eigenvalue weighted by Crippen LogP contribution is 2.43. The average Bonchev–Trinajstić information content (AvgIpc) is 3.16. The maximum absolute atomic E-state index is 12.6. The van der Waals surface area contributed by atoms with Gasteiger partial charge in [-0.1, -0.05) is 0 Å². The number of carbonyl (C=O) groups is 2. The molecule has 0 aliphatic carbocycles. The number of nitrogens with zero attached hydrogens (tertiary/aromatic N) is 1. The molecule has 1 aliphatic rings. The predicted molar refractivity (Wildman–Crippen MR) is 108 cm³/mol. The molecule has 3 N–H and O–H groups in total. The Bertz CT molecular complexity index is 904. The van der Waals surface area contributed by atoms with Crippen molar-refractivity contribution in [3.63, 3.8) is 0 Å². The molecule has 8 nitrogen and oxygen atoms in total. The molecule has 150 valence electrons. The lowest BCUT2D eigenvalue weighted by molar-refractivity contribution is -0.125. The molecule has 3 heterocycles. The summed E-state index contributed by atoms with van der Waals surface area (Å²) in [7, 11) is 0. The summed E-state index contributed by atoms with van der Waals surface area (Å²) in [5.74, 6) is 0.973. The van der Waals surface area contributed by atoms with E-state index in [0.717, 1.165) is 11.5 Å². The standard InChI is InChI=1S/C18H21N3O5S2/c1-11-8-12(22)15(25)16(26-11)18(2-5-27-6-3-18)9-13(23)20-10-14(24)21-17-19-4-7-28-17/h4,7-8,25H,2-3,5-6,9-10H2,1H3,(H,20,23)(H,19,21,24).